The highest BCUT2D eigenvalue weighted by molar-refractivity contribution is 7.09. The van der Waals surface area contributed by atoms with Gasteiger partial charge in [0, 0.05) is 35.6 Å². The first kappa shape index (κ1) is 17.0. The van der Waals surface area contributed by atoms with Gasteiger partial charge in [-0.3, -0.25) is 4.79 Å². The molecule has 1 saturated heterocycles. The summed E-state index contributed by atoms with van der Waals surface area (Å²) < 4.78 is 0. The molecule has 1 saturated carbocycles. The molecule has 132 valence electrons. The zero-order valence-electron chi connectivity index (χ0n) is 14.3. The van der Waals surface area contributed by atoms with Gasteiger partial charge in [0.2, 0.25) is 5.91 Å². The van der Waals surface area contributed by atoms with Crippen molar-refractivity contribution in [3.05, 3.63) is 51.4 Å². The number of carbonyl (C=O) groups excluding carboxylic acids is 1. The van der Waals surface area contributed by atoms with Gasteiger partial charge in [-0.1, -0.05) is 36.6 Å². The van der Waals surface area contributed by atoms with Crippen molar-refractivity contribution in [1.29, 1.82) is 0 Å². The van der Waals surface area contributed by atoms with E-state index in [9.17, 15) is 4.79 Å². The Labute approximate surface area is 158 Å². The molecule has 1 atom stereocenters. The minimum atomic E-state index is -0.352. The van der Waals surface area contributed by atoms with Gasteiger partial charge in [0.1, 0.15) is 0 Å². The maximum absolute atomic E-state index is 13.6. The van der Waals surface area contributed by atoms with Crippen molar-refractivity contribution in [3.63, 3.8) is 0 Å². The van der Waals surface area contributed by atoms with E-state index in [1.807, 2.05) is 35.8 Å². The molecule has 2 heterocycles. The van der Waals surface area contributed by atoms with Crippen molar-refractivity contribution < 1.29 is 4.79 Å². The molecule has 1 aliphatic carbocycles. The zero-order valence-corrected chi connectivity index (χ0v) is 15.9. The Morgan fingerprint density at radius 3 is 2.64 bits per heavy atom. The van der Waals surface area contributed by atoms with Crippen LogP contribution in [0.2, 0.25) is 5.02 Å². The van der Waals surface area contributed by atoms with Crippen LogP contribution in [0.4, 0.5) is 0 Å². The van der Waals surface area contributed by atoms with Gasteiger partial charge < -0.3 is 4.90 Å². The van der Waals surface area contributed by atoms with Crippen LogP contribution in [0.3, 0.4) is 0 Å². The monoisotopic (exact) mass is 374 g/mol. The minimum Gasteiger partial charge on any atom is -0.341 e. The number of amides is 1. The SMILES string of the molecule is O=C(N1CCCC(c2nccs2)C1)C1(c2ccc(Cl)cc2)CCCC1. The lowest BCUT2D eigenvalue weighted by Crippen LogP contribution is -2.49. The van der Waals surface area contributed by atoms with Crippen molar-refractivity contribution in [2.24, 2.45) is 0 Å². The van der Waals surface area contributed by atoms with E-state index in [1.165, 1.54) is 5.01 Å². The van der Waals surface area contributed by atoms with Gasteiger partial charge in [-0.15, -0.1) is 11.3 Å². The standard InChI is InChI=1S/C20H23ClN2OS/c21-17-7-5-16(6-8-17)20(9-1-2-10-20)19(24)23-12-3-4-15(14-23)18-22-11-13-25-18/h5-8,11,13,15H,1-4,9-10,12,14H2. The van der Waals surface area contributed by atoms with Crippen LogP contribution in [0.5, 0.6) is 0 Å². The number of hydrogen-bond acceptors (Lipinski definition) is 3. The predicted octanol–water partition coefficient (Wildman–Crippen LogP) is 5.01. The van der Waals surface area contributed by atoms with Gasteiger partial charge in [0.25, 0.3) is 0 Å². The molecule has 5 heteroatoms. The highest BCUT2D eigenvalue weighted by Gasteiger charge is 2.45. The summed E-state index contributed by atoms with van der Waals surface area (Å²) >= 11 is 7.78. The fourth-order valence-corrected chi connectivity index (χ4v) is 5.37. The summed E-state index contributed by atoms with van der Waals surface area (Å²) in [5.41, 5.74) is 0.783. The molecule has 1 aromatic carbocycles. The molecule has 2 fully saturated rings. The van der Waals surface area contributed by atoms with Crippen LogP contribution in [0.25, 0.3) is 0 Å². The molecule has 4 rings (SSSR count). The summed E-state index contributed by atoms with van der Waals surface area (Å²) in [6, 6.07) is 7.93. The van der Waals surface area contributed by atoms with E-state index in [4.69, 9.17) is 11.6 Å². The summed E-state index contributed by atoms with van der Waals surface area (Å²) in [4.78, 5) is 20.2. The highest BCUT2D eigenvalue weighted by atomic mass is 35.5. The summed E-state index contributed by atoms with van der Waals surface area (Å²) in [5, 5.41) is 3.93. The van der Waals surface area contributed by atoms with Crippen LogP contribution in [-0.4, -0.2) is 28.9 Å². The second-order valence-electron chi connectivity index (χ2n) is 7.26. The molecule has 1 amide bonds. The Morgan fingerprint density at radius 2 is 1.96 bits per heavy atom. The molecule has 25 heavy (non-hydrogen) atoms. The molecule has 1 unspecified atom stereocenters. The van der Waals surface area contributed by atoms with Crippen LogP contribution >= 0.6 is 22.9 Å². The second-order valence-corrected chi connectivity index (χ2v) is 8.62. The normalized spacial score (nSPS) is 22.9. The topological polar surface area (TPSA) is 33.2 Å². The van der Waals surface area contributed by atoms with Crippen molar-refractivity contribution in [3.8, 4) is 0 Å². The number of rotatable bonds is 3. The van der Waals surface area contributed by atoms with Crippen molar-refractivity contribution in [2.75, 3.05) is 13.1 Å². The van der Waals surface area contributed by atoms with Gasteiger partial charge >= 0.3 is 0 Å². The Balaban J connectivity index is 1.59. The third-order valence-electron chi connectivity index (χ3n) is 5.77. The first-order valence-corrected chi connectivity index (χ1v) is 10.4. The molecule has 0 spiro atoms. The summed E-state index contributed by atoms with van der Waals surface area (Å²) in [6.07, 6.45) is 8.21. The molecule has 1 aliphatic heterocycles. The number of benzene rings is 1. The quantitative estimate of drug-likeness (QED) is 0.756. The summed E-state index contributed by atoms with van der Waals surface area (Å²) in [6.45, 7) is 1.68. The molecule has 0 bridgehead atoms. The Bertz CT molecular complexity index is 723. The largest absolute Gasteiger partial charge is 0.341 e. The number of nitrogens with zero attached hydrogens (tertiary/aromatic N) is 2. The smallest absolute Gasteiger partial charge is 0.233 e. The number of hydrogen-bond donors (Lipinski definition) is 0. The first-order valence-electron chi connectivity index (χ1n) is 9.14. The van der Waals surface area contributed by atoms with Gasteiger partial charge in [-0.2, -0.15) is 0 Å². The number of halogens is 1. The molecule has 0 radical (unpaired) electrons. The molecule has 2 aliphatic rings. The number of piperidine rings is 1. The first-order chi connectivity index (χ1) is 12.2. The van der Waals surface area contributed by atoms with Crippen molar-refractivity contribution in [2.45, 2.75) is 49.9 Å². The van der Waals surface area contributed by atoms with E-state index in [-0.39, 0.29) is 5.41 Å². The van der Waals surface area contributed by atoms with E-state index in [2.05, 4.69) is 9.88 Å². The van der Waals surface area contributed by atoms with Crippen LogP contribution in [-0.2, 0) is 10.2 Å². The number of aromatic nitrogens is 1. The lowest BCUT2D eigenvalue weighted by molar-refractivity contribution is -0.138. The van der Waals surface area contributed by atoms with Gasteiger partial charge in [-0.25, -0.2) is 4.98 Å². The second kappa shape index (κ2) is 7.08. The highest BCUT2D eigenvalue weighted by Crippen LogP contribution is 2.44. The summed E-state index contributed by atoms with van der Waals surface area (Å²) in [5.74, 6) is 0.704. The zero-order chi connectivity index (χ0) is 17.3. The van der Waals surface area contributed by atoms with E-state index in [0.29, 0.717) is 11.8 Å². The molecule has 0 N–H and O–H groups in total. The van der Waals surface area contributed by atoms with E-state index < -0.39 is 0 Å². The summed E-state index contributed by atoms with van der Waals surface area (Å²) in [7, 11) is 0. The lowest BCUT2D eigenvalue weighted by Gasteiger charge is -2.39. The lowest BCUT2D eigenvalue weighted by atomic mass is 9.77. The molecular weight excluding hydrogens is 352 g/mol. The molecule has 2 aromatic rings. The third kappa shape index (κ3) is 3.22. The average Bonchev–Trinajstić information content (AvgIpc) is 3.34. The van der Waals surface area contributed by atoms with Crippen LogP contribution in [0.15, 0.2) is 35.8 Å². The number of likely N-dealkylation sites (tertiary alicyclic amines) is 1. The van der Waals surface area contributed by atoms with Crippen LogP contribution < -0.4 is 0 Å². The molecular formula is C20H23ClN2OS. The number of carbonyl (C=O) groups is 1. The Hall–Kier alpha value is -1.39. The van der Waals surface area contributed by atoms with Crippen molar-refractivity contribution >= 4 is 28.8 Å². The van der Waals surface area contributed by atoms with Gasteiger partial charge in [0.05, 0.1) is 10.4 Å². The van der Waals surface area contributed by atoms with E-state index in [0.717, 1.165) is 62.2 Å². The molecule has 1 aromatic heterocycles. The Kier molecular flexibility index (Phi) is 4.83. The number of thiazole rings is 1. The maximum Gasteiger partial charge on any atom is 0.233 e. The average molecular weight is 375 g/mol. The van der Waals surface area contributed by atoms with Crippen LogP contribution in [0.1, 0.15) is 55.0 Å². The fraction of sp³-hybridized carbons (Fsp3) is 0.500. The minimum absolute atomic E-state index is 0.313. The van der Waals surface area contributed by atoms with E-state index >= 15 is 0 Å². The van der Waals surface area contributed by atoms with Gasteiger partial charge in [0.15, 0.2) is 0 Å². The third-order valence-corrected chi connectivity index (χ3v) is 6.96. The maximum atomic E-state index is 13.6. The van der Waals surface area contributed by atoms with E-state index in [1.54, 1.807) is 11.3 Å². The fourth-order valence-electron chi connectivity index (χ4n) is 4.48. The predicted molar refractivity (Wildman–Crippen MR) is 102 cm³/mol. The Morgan fingerprint density at radius 1 is 1.20 bits per heavy atom. The van der Waals surface area contributed by atoms with Crippen LogP contribution in [0, 0.1) is 0 Å². The molecule has 3 nitrogen and oxygen atoms in total. The van der Waals surface area contributed by atoms with Crippen molar-refractivity contribution in [1.82, 2.24) is 9.88 Å². The van der Waals surface area contributed by atoms with Gasteiger partial charge in [-0.05, 0) is 43.4 Å².